The summed E-state index contributed by atoms with van der Waals surface area (Å²) in [6, 6.07) is 14.3. The van der Waals surface area contributed by atoms with Crippen LogP contribution in [0.5, 0.6) is 0 Å². The molecular formula is C20H19N3O2S. The van der Waals surface area contributed by atoms with Crippen LogP contribution in [0.3, 0.4) is 0 Å². The summed E-state index contributed by atoms with van der Waals surface area (Å²) < 4.78 is 1.29. The molecule has 0 saturated carbocycles. The van der Waals surface area contributed by atoms with Crippen LogP contribution in [0.4, 0.5) is 0 Å². The van der Waals surface area contributed by atoms with E-state index in [9.17, 15) is 9.59 Å². The maximum Gasteiger partial charge on any atom is 0.274 e. The second-order valence-corrected chi connectivity index (χ2v) is 7.28. The molecule has 0 aliphatic carbocycles. The van der Waals surface area contributed by atoms with Crippen molar-refractivity contribution >= 4 is 17.2 Å². The molecule has 1 aromatic carbocycles. The van der Waals surface area contributed by atoms with Crippen molar-refractivity contribution in [3.63, 3.8) is 0 Å². The first kappa shape index (κ1) is 16.7. The minimum Gasteiger partial charge on any atom is -0.330 e. The Morgan fingerprint density at radius 1 is 1.19 bits per heavy atom. The number of carbonyl (C=O) groups is 1. The molecular weight excluding hydrogens is 346 g/mol. The maximum absolute atomic E-state index is 13.1. The molecule has 5 nitrogen and oxygen atoms in total. The number of benzene rings is 1. The highest BCUT2D eigenvalue weighted by molar-refractivity contribution is 7.10. The summed E-state index contributed by atoms with van der Waals surface area (Å²) >= 11 is 1.76. The summed E-state index contributed by atoms with van der Waals surface area (Å²) in [4.78, 5) is 28.6. The number of nitrogens with zero attached hydrogens (tertiary/aromatic N) is 3. The third-order valence-corrected chi connectivity index (χ3v) is 5.76. The molecule has 2 aromatic heterocycles. The zero-order chi connectivity index (χ0) is 18.1. The molecule has 0 bridgehead atoms. The first-order chi connectivity index (χ1) is 12.7. The van der Waals surface area contributed by atoms with Crippen molar-refractivity contribution in [1.29, 1.82) is 0 Å². The van der Waals surface area contributed by atoms with E-state index in [4.69, 9.17) is 0 Å². The molecule has 1 aliphatic rings. The van der Waals surface area contributed by atoms with Gasteiger partial charge in [0.1, 0.15) is 5.69 Å². The second kappa shape index (κ2) is 6.88. The predicted molar refractivity (Wildman–Crippen MR) is 102 cm³/mol. The summed E-state index contributed by atoms with van der Waals surface area (Å²) in [6.07, 6.45) is 1.72. The van der Waals surface area contributed by atoms with Gasteiger partial charge < -0.3 is 4.90 Å². The molecule has 4 rings (SSSR count). The van der Waals surface area contributed by atoms with Gasteiger partial charge in [-0.2, -0.15) is 9.78 Å². The third kappa shape index (κ3) is 2.86. The van der Waals surface area contributed by atoms with Crippen molar-refractivity contribution < 1.29 is 4.79 Å². The van der Waals surface area contributed by atoms with Crippen molar-refractivity contribution in [2.24, 2.45) is 0 Å². The molecule has 6 heteroatoms. The number of rotatable bonds is 3. The van der Waals surface area contributed by atoms with E-state index in [0.717, 1.165) is 12.8 Å². The van der Waals surface area contributed by atoms with Crippen LogP contribution in [0, 0.1) is 0 Å². The highest BCUT2D eigenvalue weighted by atomic mass is 32.1. The fourth-order valence-electron chi connectivity index (χ4n) is 3.51. The summed E-state index contributed by atoms with van der Waals surface area (Å²) in [7, 11) is 0. The Labute approximate surface area is 155 Å². The summed E-state index contributed by atoms with van der Waals surface area (Å²) in [5.41, 5.74) is 1.94. The Bertz CT molecular complexity index is 994. The van der Waals surface area contributed by atoms with E-state index >= 15 is 0 Å². The van der Waals surface area contributed by atoms with E-state index in [1.54, 1.807) is 23.5 Å². The monoisotopic (exact) mass is 365 g/mol. The number of amides is 1. The van der Waals surface area contributed by atoms with Gasteiger partial charge in [0.15, 0.2) is 0 Å². The van der Waals surface area contributed by atoms with Gasteiger partial charge in [0.2, 0.25) is 0 Å². The highest BCUT2D eigenvalue weighted by Crippen LogP contribution is 2.35. The second-order valence-electron chi connectivity index (χ2n) is 6.28. The van der Waals surface area contributed by atoms with Crippen LogP contribution in [0.15, 0.2) is 58.7 Å². The summed E-state index contributed by atoms with van der Waals surface area (Å²) in [5, 5.41) is 6.44. The average molecular weight is 365 g/mol. The Morgan fingerprint density at radius 2 is 2.00 bits per heavy atom. The van der Waals surface area contributed by atoms with E-state index in [-0.39, 0.29) is 17.5 Å². The molecule has 0 spiro atoms. The van der Waals surface area contributed by atoms with Crippen LogP contribution >= 0.6 is 11.3 Å². The molecule has 1 aliphatic heterocycles. The van der Waals surface area contributed by atoms with Crippen molar-refractivity contribution in [2.45, 2.75) is 25.8 Å². The Kier molecular flexibility index (Phi) is 4.42. The van der Waals surface area contributed by atoms with Gasteiger partial charge in [-0.3, -0.25) is 9.59 Å². The van der Waals surface area contributed by atoms with Gasteiger partial charge in [-0.15, -0.1) is 11.3 Å². The van der Waals surface area contributed by atoms with Gasteiger partial charge in [0.25, 0.3) is 11.5 Å². The molecule has 1 unspecified atom stereocenters. The van der Waals surface area contributed by atoms with Crippen LogP contribution in [0.2, 0.25) is 0 Å². The SMILES string of the molecule is CCC1c2ccsc2CCN1C(=O)c1ccc(=O)n(-c2ccccc2)n1. The van der Waals surface area contributed by atoms with Crippen LogP contribution in [-0.4, -0.2) is 27.1 Å². The maximum atomic E-state index is 13.1. The number of hydrogen-bond donors (Lipinski definition) is 0. The van der Waals surface area contributed by atoms with E-state index in [1.807, 2.05) is 23.1 Å². The number of aromatic nitrogens is 2. The van der Waals surface area contributed by atoms with Crippen LogP contribution < -0.4 is 5.56 Å². The van der Waals surface area contributed by atoms with Crippen LogP contribution in [-0.2, 0) is 6.42 Å². The summed E-state index contributed by atoms with van der Waals surface area (Å²) in [5.74, 6) is -0.126. The van der Waals surface area contributed by atoms with Gasteiger partial charge in [-0.1, -0.05) is 25.1 Å². The molecule has 3 heterocycles. The zero-order valence-corrected chi connectivity index (χ0v) is 15.3. The fraction of sp³-hybridized carbons (Fsp3) is 0.250. The van der Waals surface area contributed by atoms with Crippen molar-refractivity contribution in [3.05, 3.63) is 80.4 Å². The summed E-state index contributed by atoms with van der Waals surface area (Å²) in [6.45, 7) is 2.77. The number of thiophene rings is 1. The van der Waals surface area contributed by atoms with Gasteiger partial charge in [-0.05, 0) is 48.1 Å². The smallest absolute Gasteiger partial charge is 0.274 e. The van der Waals surface area contributed by atoms with E-state index < -0.39 is 0 Å². The largest absolute Gasteiger partial charge is 0.330 e. The lowest BCUT2D eigenvalue weighted by Gasteiger charge is -2.35. The van der Waals surface area contributed by atoms with Crippen molar-refractivity contribution in [2.75, 3.05) is 6.54 Å². The van der Waals surface area contributed by atoms with Gasteiger partial charge in [0, 0.05) is 17.5 Å². The van der Waals surface area contributed by atoms with Crippen molar-refractivity contribution in [1.82, 2.24) is 14.7 Å². The molecule has 0 N–H and O–H groups in total. The topological polar surface area (TPSA) is 55.2 Å². The lowest BCUT2D eigenvalue weighted by molar-refractivity contribution is 0.0649. The lowest BCUT2D eigenvalue weighted by Crippen LogP contribution is -2.40. The quantitative estimate of drug-likeness (QED) is 0.714. The van der Waals surface area contributed by atoms with E-state index in [0.29, 0.717) is 17.9 Å². The highest BCUT2D eigenvalue weighted by Gasteiger charge is 2.31. The first-order valence-corrected chi connectivity index (χ1v) is 9.60. The molecule has 1 atom stereocenters. The molecule has 3 aromatic rings. The minimum absolute atomic E-state index is 0.0661. The van der Waals surface area contributed by atoms with Crippen LogP contribution in [0.25, 0.3) is 5.69 Å². The van der Waals surface area contributed by atoms with Gasteiger partial charge in [0.05, 0.1) is 11.7 Å². The normalized spacial score (nSPS) is 16.3. The lowest BCUT2D eigenvalue weighted by atomic mass is 9.97. The van der Waals surface area contributed by atoms with E-state index in [2.05, 4.69) is 23.5 Å². The number of hydrogen-bond acceptors (Lipinski definition) is 4. The van der Waals surface area contributed by atoms with E-state index in [1.165, 1.54) is 27.3 Å². The molecule has 0 radical (unpaired) electrons. The van der Waals surface area contributed by atoms with Crippen LogP contribution in [0.1, 0.15) is 40.3 Å². The van der Waals surface area contributed by atoms with Gasteiger partial charge in [-0.25, -0.2) is 0 Å². The molecule has 0 saturated heterocycles. The standard InChI is InChI=1S/C20H19N3O2S/c1-2-17-15-11-13-26-18(15)10-12-22(17)20(25)16-8-9-19(24)23(21-16)14-6-4-3-5-7-14/h3-9,11,13,17H,2,10,12H2,1H3. The number of fused-ring (bicyclic) bond motifs is 1. The number of carbonyl (C=O) groups excluding carboxylic acids is 1. The Hall–Kier alpha value is -2.73. The zero-order valence-electron chi connectivity index (χ0n) is 14.5. The third-order valence-electron chi connectivity index (χ3n) is 4.76. The molecule has 1 amide bonds. The number of para-hydroxylation sites is 1. The Morgan fingerprint density at radius 3 is 2.77 bits per heavy atom. The fourth-order valence-corrected chi connectivity index (χ4v) is 4.43. The molecule has 0 fully saturated rings. The average Bonchev–Trinajstić information content (AvgIpc) is 3.16. The predicted octanol–water partition coefficient (Wildman–Crippen LogP) is 3.44. The molecule has 26 heavy (non-hydrogen) atoms. The first-order valence-electron chi connectivity index (χ1n) is 8.72. The molecule has 132 valence electrons. The Balaban J connectivity index is 1.70. The van der Waals surface area contributed by atoms with Crippen molar-refractivity contribution in [3.8, 4) is 5.69 Å². The minimum atomic E-state index is -0.251. The van der Waals surface area contributed by atoms with Gasteiger partial charge >= 0.3 is 0 Å².